The Balaban J connectivity index is 1.52. The molecule has 37 heavy (non-hydrogen) atoms. The number of benzene rings is 1. The number of thiophene rings is 1. The zero-order chi connectivity index (χ0) is 25.9. The second kappa shape index (κ2) is 10.3. The van der Waals surface area contributed by atoms with Crippen LogP contribution in [0.4, 0.5) is 5.69 Å². The molecule has 11 heteroatoms. The molecule has 10 nitrogen and oxygen atoms in total. The van der Waals surface area contributed by atoms with E-state index in [0.29, 0.717) is 40.3 Å². The average Bonchev–Trinajstić information content (AvgIpc) is 3.63. The highest BCUT2D eigenvalue weighted by Gasteiger charge is 2.22. The van der Waals surface area contributed by atoms with Gasteiger partial charge in [-0.15, -0.1) is 11.3 Å². The van der Waals surface area contributed by atoms with Crippen LogP contribution in [-0.2, 0) is 17.8 Å². The van der Waals surface area contributed by atoms with E-state index >= 15 is 0 Å². The summed E-state index contributed by atoms with van der Waals surface area (Å²) >= 11 is 1.60. The van der Waals surface area contributed by atoms with E-state index in [4.69, 9.17) is 4.98 Å². The summed E-state index contributed by atoms with van der Waals surface area (Å²) in [6, 6.07) is 9.26. The zero-order valence-corrected chi connectivity index (χ0v) is 21.2. The number of hydrogen-bond donors (Lipinski definition) is 2. The van der Waals surface area contributed by atoms with Crippen molar-refractivity contribution in [2.75, 3.05) is 5.32 Å². The number of aromatic nitrogens is 6. The molecule has 0 aliphatic heterocycles. The van der Waals surface area contributed by atoms with Crippen molar-refractivity contribution in [3.8, 4) is 16.5 Å². The molecule has 0 aliphatic rings. The summed E-state index contributed by atoms with van der Waals surface area (Å²) in [7, 11) is 0. The monoisotopic (exact) mass is 515 g/mol. The van der Waals surface area contributed by atoms with Crippen LogP contribution in [0.2, 0.25) is 0 Å². The standard InChI is InChI=1S/C26H25N7O3S/c1-3-4-9-20-17(13-29-33(20)26-27-12-16(2)23(31-26)21-10-6-11-37-21)25(36)30-19-8-5-7-18-24(19)32(15-28-18)14-22(34)35/h5-8,10-13,15H,3-4,9,14H2,1-2H3,(H,30,36)(H,34,35). The molecule has 0 fully saturated rings. The van der Waals surface area contributed by atoms with Gasteiger partial charge in [-0.25, -0.2) is 19.6 Å². The van der Waals surface area contributed by atoms with Gasteiger partial charge in [0.2, 0.25) is 0 Å². The Hall–Kier alpha value is -4.38. The quantitative estimate of drug-likeness (QED) is 0.290. The van der Waals surface area contributed by atoms with Crippen LogP contribution in [0, 0.1) is 6.92 Å². The molecule has 0 spiro atoms. The Morgan fingerprint density at radius 1 is 1.14 bits per heavy atom. The SMILES string of the molecule is CCCCc1c(C(=O)Nc2cccc3ncn(CC(=O)O)c23)cnn1-c1ncc(C)c(-c2cccs2)n1. The van der Waals surface area contributed by atoms with Crippen molar-refractivity contribution in [3.05, 3.63) is 71.3 Å². The van der Waals surface area contributed by atoms with Gasteiger partial charge in [0.15, 0.2) is 0 Å². The van der Waals surface area contributed by atoms with Crippen molar-refractivity contribution < 1.29 is 14.7 Å². The normalized spacial score (nSPS) is 11.2. The number of carbonyl (C=O) groups is 2. The minimum absolute atomic E-state index is 0.263. The van der Waals surface area contributed by atoms with Crippen LogP contribution in [0.25, 0.3) is 27.6 Å². The summed E-state index contributed by atoms with van der Waals surface area (Å²) in [5.41, 5.74) is 4.53. The minimum atomic E-state index is -0.997. The number of nitrogens with one attached hydrogen (secondary N) is 1. The lowest BCUT2D eigenvalue weighted by Crippen LogP contribution is -2.16. The molecule has 0 aliphatic carbocycles. The first kappa shape index (κ1) is 24.3. The Morgan fingerprint density at radius 2 is 2.00 bits per heavy atom. The van der Waals surface area contributed by atoms with E-state index in [1.165, 1.54) is 17.1 Å². The fourth-order valence-electron chi connectivity index (χ4n) is 4.20. The van der Waals surface area contributed by atoms with Crippen LogP contribution in [0.3, 0.4) is 0 Å². The largest absolute Gasteiger partial charge is 0.480 e. The van der Waals surface area contributed by atoms with E-state index in [0.717, 1.165) is 29.0 Å². The van der Waals surface area contributed by atoms with Crippen LogP contribution in [0.15, 0.2) is 54.4 Å². The van der Waals surface area contributed by atoms with Gasteiger partial charge in [0, 0.05) is 6.20 Å². The number of carboxylic acid groups (broad SMARTS) is 1. The molecule has 0 unspecified atom stereocenters. The number of carboxylic acids is 1. The minimum Gasteiger partial charge on any atom is -0.480 e. The van der Waals surface area contributed by atoms with Gasteiger partial charge in [-0.3, -0.25) is 9.59 Å². The zero-order valence-electron chi connectivity index (χ0n) is 20.4. The molecule has 0 atom stereocenters. The Labute approximate surface area is 216 Å². The highest BCUT2D eigenvalue weighted by molar-refractivity contribution is 7.13. The number of hydrogen-bond acceptors (Lipinski definition) is 7. The second-order valence-electron chi connectivity index (χ2n) is 8.59. The number of fused-ring (bicyclic) bond motifs is 1. The average molecular weight is 516 g/mol. The number of rotatable bonds is 9. The Morgan fingerprint density at radius 3 is 2.76 bits per heavy atom. The molecular weight excluding hydrogens is 490 g/mol. The van der Waals surface area contributed by atoms with Crippen LogP contribution in [0.5, 0.6) is 0 Å². The van der Waals surface area contributed by atoms with Crippen molar-refractivity contribution in [2.24, 2.45) is 0 Å². The number of unbranched alkanes of at least 4 members (excludes halogenated alkanes) is 1. The summed E-state index contributed by atoms with van der Waals surface area (Å²) in [6.07, 6.45) is 7.17. The third kappa shape index (κ3) is 4.85. The highest BCUT2D eigenvalue weighted by Crippen LogP contribution is 2.27. The summed E-state index contributed by atoms with van der Waals surface area (Å²) in [6.45, 7) is 3.79. The number of carbonyl (C=O) groups excluding carboxylic acids is 1. The van der Waals surface area contributed by atoms with Crippen molar-refractivity contribution in [2.45, 2.75) is 39.7 Å². The second-order valence-corrected chi connectivity index (χ2v) is 9.54. The maximum Gasteiger partial charge on any atom is 0.323 e. The van der Waals surface area contributed by atoms with Crippen LogP contribution in [0.1, 0.15) is 41.4 Å². The van der Waals surface area contributed by atoms with Crippen LogP contribution >= 0.6 is 11.3 Å². The Kier molecular flexibility index (Phi) is 6.78. The molecule has 5 aromatic rings. The number of aliphatic carboxylic acids is 1. The van der Waals surface area contributed by atoms with Crippen molar-refractivity contribution in [3.63, 3.8) is 0 Å². The van der Waals surface area contributed by atoms with Crippen molar-refractivity contribution in [1.82, 2.24) is 29.3 Å². The fraction of sp³-hybridized carbons (Fsp3) is 0.231. The van der Waals surface area contributed by atoms with E-state index in [-0.39, 0.29) is 12.5 Å². The van der Waals surface area contributed by atoms with E-state index in [2.05, 4.69) is 27.3 Å². The number of imidazole rings is 1. The van der Waals surface area contributed by atoms with Gasteiger partial charge < -0.3 is 15.0 Å². The van der Waals surface area contributed by atoms with Gasteiger partial charge in [-0.05, 0) is 48.9 Å². The predicted molar refractivity (Wildman–Crippen MR) is 141 cm³/mol. The maximum absolute atomic E-state index is 13.5. The van der Waals surface area contributed by atoms with Gasteiger partial charge in [0.05, 0.1) is 51.1 Å². The van der Waals surface area contributed by atoms with Gasteiger partial charge in [-0.2, -0.15) is 5.10 Å². The third-order valence-corrected chi connectivity index (χ3v) is 6.85. The van der Waals surface area contributed by atoms with Crippen LogP contribution in [-0.4, -0.2) is 46.3 Å². The lowest BCUT2D eigenvalue weighted by atomic mass is 10.1. The van der Waals surface area contributed by atoms with E-state index in [9.17, 15) is 14.7 Å². The molecule has 2 N–H and O–H groups in total. The topological polar surface area (TPSA) is 128 Å². The molecule has 0 radical (unpaired) electrons. The van der Waals surface area contributed by atoms with E-state index < -0.39 is 5.97 Å². The first-order valence-corrected chi connectivity index (χ1v) is 12.8. The number of nitrogens with zero attached hydrogens (tertiary/aromatic N) is 6. The molecule has 1 amide bonds. The van der Waals surface area contributed by atoms with Gasteiger partial charge in [0.1, 0.15) is 6.54 Å². The lowest BCUT2D eigenvalue weighted by molar-refractivity contribution is -0.137. The number of para-hydroxylation sites is 1. The number of aryl methyl sites for hydroxylation is 1. The van der Waals surface area contributed by atoms with Crippen LogP contribution < -0.4 is 5.32 Å². The first-order valence-electron chi connectivity index (χ1n) is 11.9. The van der Waals surface area contributed by atoms with Crippen molar-refractivity contribution >= 4 is 39.9 Å². The Bertz CT molecular complexity index is 1590. The summed E-state index contributed by atoms with van der Waals surface area (Å²) in [5, 5.41) is 18.7. The fourth-order valence-corrected chi connectivity index (χ4v) is 4.98. The van der Waals surface area contributed by atoms with Gasteiger partial charge in [-0.1, -0.05) is 25.5 Å². The summed E-state index contributed by atoms with van der Waals surface area (Å²) < 4.78 is 3.14. The molecule has 1 aromatic carbocycles. The van der Waals surface area contributed by atoms with E-state index in [1.807, 2.05) is 24.4 Å². The van der Waals surface area contributed by atoms with Gasteiger partial charge in [0.25, 0.3) is 11.9 Å². The maximum atomic E-state index is 13.5. The van der Waals surface area contributed by atoms with Gasteiger partial charge >= 0.3 is 5.97 Å². The molecule has 0 saturated heterocycles. The first-order chi connectivity index (χ1) is 18.0. The highest BCUT2D eigenvalue weighted by atomic mass is 32.1. The van der Waals surface area contributed by atoms with Crippen molar-refractivity contribution in [1.29, 1.82) is 0 Å². The molecule has 0 saturated carbocycles. The molecule has 4 heterocycles. The molecule has 4 aromatic heterocycles. The lowest BCUT2D eigenvalue weighted by Gasteiger charge is -2.11. The molecule has 188 valence electrons. The predicted octanol–water partition coefficient (Wildman–Crippen LogP) is 4.73. The smallest absolute Gasteiger partial charge is 0.323 e. The molecule has 0 bridgehead atoms. The molecular formula is C26H25N7O3S. The summed E-state index contributed by atoms with van der Waals surface area (Å²) in [5.74, 6) is -0.942. The third-order valence-electron chi connectivity index (χ3n) is 5.98. The van der Waals surface area contributed by atoms with E-state index in [1.54, 1.807) is 40.4 Å². The number of amides is 1. The number of anilines is 1. The molecule has 5 rings (SSSR count). The summed E-state index contributed by atoms with van der Waals surface area (Å²) in [4.78, 5) is 39.4.